The number of carbonyl (C=O) groups is 2. The predicted molar refractivity (Wildman–Crippen MR) is 93.7 cm³/mol. The zero-order chi connectivity index (χ0) is 16.4. The van der Waals surface area contributed by atoms with Crippen LogP contribution in [0.1, 0.15) is 32.6 Å². The fourth-order valence-electron chi connectivity index (χ4n) is 3.54. The molecule has 0 N–H and O–H groups in total. The Hall–Kier alpha value is -1.49. The molecule has 124 valence electrons. The smallest absolute Gasteiger partial charge is 0.228 e. The van der Waals surface area contributed by atoms with E-state index in [4.69, 9.17) is 0 Å². The molecule has 0 unspecified atom stereocenters. The maximum atomic E-state index is 12.8. The zero-order valence-corrected chi connectivity index (χ0v) is 14.6. The molecule has 0 aromatic heterocycles. The van der Waals surface area contributed by atoms with Crippen molar-refractivity contribution < 1.29 is 9.59 Å². The molecule has 2 heterocycles. The average molecular weight is 332 g/mol. The Balaban J connectivity index is 1.70. The molecule has 0 aliphatic carbocycles. The van der Waals surface area contributed by atoms with Crippen molar-refractivity contribution in [3.8, 4) is 0 Å². The van der Waals surface area contributed by atoms with Crippen LogP contribution in [0.4, 0.5) is 5.69 Å². The highest BCUT2D eigenvalue weighted by atomic mass is 32.2. The molecule has 1 aromatic carbocycles. The van der Waals surface area contributed by atoms with Crippen LogP contribution in [-0.4, -0.2) is 42.1 Å². The number of anilines is 1. The summed E-state index contributed by atoms with van der Waals surface area (Å²) in [7, 11) is 0. The summed E-state index contributed by atoms with van der Waals surface area (Å²) >= 11 is 1.68. The molecule has 0 bridgehead atoms. The second kappa shape index (κ2) is 6.95. The Morgan fingerprint density at radius 2 is 1.96 bits per heavy atom. The van der Waals surface area contributed by atoms with E-state index in [1.165, 1.54) is 11.3 Å². The first-order valence-electron chi connectivity index (χ1n) is 8.35. The molecule has 23 heavy (non-hydrogen) atoms. The summed E-state index contributed by atoms with van der Waals surface area (Å²) in [6.07, 6.45) is 5.72. The SMILES string of the molecule is CSc1ccc(N2C[C@@H](C(=O)N3CCCC[C@@H]3C)CC2=O)cc1. The van der Waals surface area contributed by atoms with E-state index in [-0.39, 0.29) is 17.7 Å². The molecule has 5 heteroatoms. The number of piperidine rings is 1. The molecule has 0 spiro atoms. The zero-order valence-electron chi connectivity index (χ0n) is 13.8. The Morgan fingerprint density at radius 1 is 1.22 bits per heavy atom. The van der Waals surface area contributed by atoms with Gasteiger partial charge in [0.25, 0.3) is 0 Å². The van der Waals surface area contributed by atoms with Gasteiger partial charge in [-0.25, -0.2) is 0 Å². The number of rotatable bonds is 3. The third-order valence-electron chi connectivity index (χ3n) is 4.94. The van der Waals surface area contributed by atoms with Gasteiger partial charge in [-0.3, -0.25) is 9.59 Å². The van der Waals surface area contributed by atoms with Gasteiger partial charge in [-0.2, -0.15) is 0 Å². The number of hydrogen-bond acceptors (Lipinski definition) is 3. The van der Waals surface area contributed by atoms with Crippen LogP contribution in [0.15, 0.2) is 29.2 Å². The highest BCUT2D eigenvalue weighted by molar-refractivity contribution is 7.98. The van der Waals surface area contributed by atoms with Gasteiger partial charge in [0.2, 0.25) is 11.8 Å². The molecular formula is C18H24N2O2S. The lowest BCUT2D eigenvalue weighted by molar-refractivity contribution is -0.139. The number of benzene rings is 1. The molecule has 4 nitrogen and oxygen atoms in total. The lowest BCUT2D eigenvalue weighted by atomic mass is 9.99. The molecule has 2 atom stereocenters. The van der Waals surface area contributed by atoms with Crippen molar-refractivity contribution in [1.29, 1.82) is 0 Å². The number of hydrogen-bond donors (Lipinski definition) is 0. The standard InChI is InChI=1S/C18H24N2O2S/c1-13-5-3-4-10-19(13)18(22)14-11-17(21)20(12-14)15-6-8-16(23-2)9-7-15/h6-9,13-14H,3-5,10-12H2,1-2H3/t13-,14-/m0/s1. The topological polar surface area (TPSA) is 40.6 Å². The average Bonchev–Trinajstić information content (AvgIpc) is 2.96. The van der Waals surface area contributed by atoms with E-state index in [1.807, 2.05) is 35.4 Å². The number of amides is 2. The van der Waals surface area contributed by atoms with Crippen molar-refractivity contribution in [3.05, 3.63) is 24.3 Å². The van der Waals surface area contributed by atoms with E-state index in [9.17, 15) is 9.59 Å². The summed E-state index contributed by atoms with van der Waals surface area (Å²) in [6.45, 7) is 3.47. The molecule has 0 radical (unpaired) electrons. The second-order valence-corrected chi connectivity index (χ2v) is 7.36. The molecule has 2 aliphatic rings. The van der Waals surface area contributed by atoms with Gasteiger partial charge in [0.05, 0.1) is 5.92 Å². The molecule has 1 aromatic rings. The Labute approximate surface area is 142 Å². The van der Waals surface area contributed by atoms with Crippen LogP contribution in [-0.2, 0) is 9.59 Å². The van der Waals surface area contributed by atoms with Crippen molar-refractivity contribution in [2.45, 2.75) is 43.5 Å². The van der Waals surface area contributed by atoms with Gasteiger partial charge in [-0.15, -0.1) is 11.8 Å². The van der Waals surface area contributed by atoms with E-state index in [1.54, 1.807) is 16.7 Å². The van der Waals surface area contributed by atoms with Crippen LogP contribution in [0.25, 0.3) is 0 Å². The van der Waals surface area contributed by atoms with E-state index >= 15 is 0 Å². The van der Waals surface area contributed by atoms with Crippen molar-refractivity contribution in [3.63, 3.8) is 0 Å². The Kier molecular flexibility index (Phi) is 4.95. The molecule has 2 fully saturated rings. The Bertz CT molecular complexity index is 587. The Morgan fingerprint density at radius 3 is 2.61 bits per heavy atom. The number of carbonyl (C=O) groups excluding carboxylic acids is 2. The highest BCUT2D eigenvalue weighted by Crippen LogP contribution is 2.29. The number of nitrogens with zero attached hydrogens (tertiary/aromatic N) is 2. The summed E-state index contributed by atoms with van der Waals surface area (Å²) < 4.78 is 0. The van der Waals surface area contributed by atoms with Crippen LogP contribution in [0.5, 0.6) is 0 Å². The highest BCUT2D eigenvalue weighted by Gasteiger charge is 2.38. The van der Waals surface area contributed by atoms with Crippen LogP contribution in [0.2, 0.25) is 0 Å². The van der Waals surface area contributed by atoms with Gasteiger partial charge in [-0.05, 0) is 56.7 Å². The van der Waals surface area contributed by atoms with Gasteiger partial charge in [0.15, 0.2) is 0 Å². The third kappa shape index (κ3) is 3.39. The van der Waals surface area contributed by atoms with Crippen LogP contribution in [0.3, 0.4) is 0 Å². The largest absolute Gasteiger partial charge is 0.340 e. The summed E-state index contributed by atoms with van der Waals surface area (Å²) in [5.41, 5.74) is 0.898. The molecular weight excluding hydrogens is 308 g/mol. The fraction of sp³-hybridized carbons (Fsp3) is 0.556. The first-order valence-corrected chi connectivity index (χ1v) is 9.57. The first-order chi connectivity index (χ1) is 11.1. The lowest BCUT2D eigenvalue weighted by Gasteiger charge is -2.35. The van der Waals surface area contributed by atoms with Crippen molar-refractivity contribution >= 4 is 29.3 Å². The fourth-order valence-corrected chi connectivity index (χ4v) is 3.95. The van der Waals surface area contributed by atoms with Gasteiger partial charge < -0.3 is 9.80 Å². The van der Waals surface area contributed by atoms with Crippen LogP contribution < -0.4 is 4.90 Å². The summed E-state index contributed by atoms with van der Waals surface area (Å²) in [5, 5.41) is 0. The second-order valence-electron chi connectivity index (χ2n) is 6.48. The molecule has 2 saturated heterocycles. The number of thioether (sulfide) groups is 1. The molecule has 3 rings (SSSR count). The summed E-state index contributed by atoms with van der Waals surface area (Å²) in [4.78, 5) is 30.1. The minimum atomic E-state index is -0.191. The van der Waals surface area contributed by atoms with Crippen molar-refractivity contribution in [1.82, 2.24) is 4.90 Å². The van der Waals surface area contributed by atoms with E-state index in [0.29, 0.717) is 19.0 Å². The summed E-state index contributed by atoms with van der Waals surface area (Å²) in [6, 6.07) is 8.30. The van der Waals surface area contributed by atoms with E-state index in [2.05, 4.69) is 6.92 Å². The predicted octanol–water partition coefficient (Wildman–Crippen LogP) is 3.16. The first kappa shape index (κ1) is 16.4. The molecule has 2 aliphatic heterocycles. The third-order valence-corrected chi connectivity index (χ3v) is 5.69. The van der Waals surface area contributed by atoms with Gasteiger partial charge >= 0.3 is 0 Å². The minimum Gasteiger partial charge on any atom is -0.340 e. The summed E-state index contributed by atoms with van der Waals surface area (Å²) in [5.74, 6) is 0.0296. The van der Waals surface area contributed by atoms with Crippen LogP contribution >= 0.6 is 11.8 Å². The van der Waals surface area contributed by atoms with Gasteiger partial charge in [0.1, 0.15) is 0 Å². The lowest BCUT2D eigenvalue weighted by Crippen LogP contribution is -2.45. The van der Waals surface area contributed by atoms with Crippen LogP contribution in [0, 0.1) is 5.92 Å². The normalized spacial score (nSPS) is 25.0. The maximum Gasteiger partial charge on any atom is 0.228 e. The minimum absolute atomic E-state index is 0.0601. The van der Waals surface area contributed by atoms with Gasteiger partial charge in [0, 0.05) is 36.1 Å². The molecule has 2 amide bonds. The number of likely N-dealkylation sites (tertiary alicyclic amines) is 1. The van der Waals surface area contributed by atoms with Crippen molar-refractivity contribution in [2.75, 3.05) is 24.2 Å². The monoisotopic (exact) mass is 332 g/mol. The maximum absolute atomic E-state index is 12.8. The van der Waals surface area contributed by atoms with E-state index < -0.39 is 0 Å². The van der Waals surface area contributed by atoms with Crippen molar-refractivity contribution in [2.24, 2.45) is 5.92 Å². The van der Waals surface area contributed by atoms with Gasteiger partial charge in [-0.1, -0.05) is 0 Å². The quantitative estimate of drug-likeness (QED) is 0.798. The van der Waals surface area contributed by atoms with E-state index in [0.717, 1.165) is 25.1 Å². The molecule has 0 saturated carbocycles.